The van der Waals surface area contributed by atoms with Gasteiger partial charge in [-0.1, -0.05) is 6.07 Å². The lowest BCUT2D eigenvalue weighted by molar-refractivity contribution is -0.140. The Bertz CT molecular complexity index is 1320. The fraction of sp³-hybridized carbons (Fsp3) is 0.458. The van der Waals surface area contributed by atoms with Gasteiger partial charge < -0.3 is 15.2 Å². The fourth-order valence-electron chi connectivity index (χ4n) is 4.82. The monoisotopic (exact) mass is 492 g/mol. The molecule has 0 radical (unpaired) electrons. The topological polar surface area (TPSA) is 88.8 Å². The zero-order chi connectivity index (χ0) is 25.2. The number of hydrogen-bond acceptors (Lipinski definition) is 5. The summed E-state index contributed by atoms with van der Waals surface area (Å²) in [4.78, 5) is 18.0. The molecule has 2 atom stereocenters. The highest BCUT2D eigenvalue weighted by molar-refractivity contribution is 6.01. The first-order valence-electron chi connectivity index (χ1n) is 11.3. The number of aryl methyl sites for hydroxylation is 1. The van der Waals surface area contributed by atoms with Gasteiger partial charge in [0, 0.05) is 31.0 Å². The van der Waals surface area contributed by atoms with Gasteiger partial charge in [0.2, 0.25) is 0 Å². The van der Waals surface area contributed by atoms with Gasteiger partial charge in [-0.3, -0.25) is 4.79 Å². The number of carbonyl (C=O) groups excluding carboxylic acids is 1. The third-order valence-corrected chi connectivity index (χ3v) is 6.95. The molecule has 1 aliphatic heterocycles. The quantitative estimate of drug-likeness (QED) is 0.540. The second kappa shape index (κ2) is 7.99. The minimum Gasteiger partial charge on any atom is -0.385 e. The first-order chi connectivity index (χ1) is 16.4. The number of fused-ring (bicyclic) bond motifs is 1. The molecule has 3 aromatic rings. The van der Waals surface area contributed by atoms with E-state index in [9.17, 15) is 23.1 Å². The van der Waals surface area contributed by atoms with Gasteiger partial charge >= 0.3 is 6.18 Å². The van der Waals surface area contributed by atoms with Crippen LogP contribution in [0.2, 0.25) is 0 Å². The van der Waals surface area contributed by atoms with Crippen LogP contribution in [0.4, 0.5) is 17.6 Å². The number of rotatable bonds is 4. The van der Waals surface area contributed by atoms with Crippen molar-refractivity contribution in [1.82, 2.24) is 19.9 Å². The SMILES string of the molecule is Cc1nn2cc(C3CC3)cnc2c1C(=O)N[C@]1(c2ccc(C(F)(F)F)cc2F)CCOC[C@@]1(C)O. The van der Waals surface area contributed by atoms with E-state index in [1.165, 1.54) is 11.4 Å². The van der Waals surface area contributed by atoms with Crippen LogP contribution in [0.1, 0.15) is 64.8 Å². The van der Waals surface area contributed by atoms with E-state index in [0.717, 1.165) is 30.5 Å². The Morgan fingerprint density at radius 3 is 2.69 bits per heavy atom. The van der Waals surface area contributed by atoms with Crippen LogP contribution in [-0.4, -0.2) is 44.4 Å². The highest BCUT2D eigenvalue weighted by atomic mass is 19.4. The van der Waals surface area contributed by atoms with E-state index < -0.39 is 34.6 Å². The Kier molecular flexibility index (Phi) is 5.41. The molecule has 0 bridgehead atoms. The Labute approximate surface area is 198 Å². The molecule has 186 valence electrons. The largest absolute Gasteiger partial charge is 0.416 e. The van der Waals surface area contributed by atoms with E-state index in [-0.39, 0.29) is 30.8 Å². The minimum absolute atomic E-state index is 0.0492. The number of aliphatic hydroxyl groups is 1. The van der Waals surface area contributed by atoms with Crippen molar-refractivity contribution in [2.24, 2.45) is 0 Å². The molecule has 1 aliphatic carbocycles. The van der Waals surface area contributed by atoms with Crippen LogP contribution < -0.4 is 5.32 Å². The van der Waals surface area contributed by atoms with E-state index >= 15 is 4.39 Å². The van der Waals surface area contributed by atoms with Gasteiger partial charge in [0.15, 0.2) is 5.65 Å². The van der Waals surface area contributed by atoms with Crippen molar-refractivity contribution in [2.45, 2.75) is 56.3 Å². The maximum absolute atomic E-state index is 15.2. The lowest BCUT2D eigenvalue weighted by atomic mass is 9.71. The van der Waals surface area contributed by atoms with Crippen molar-refractivity contribution in [3.8, 4) is 0 Å². The molecular weight excluding hydrogens is 468 g/mol. The van der Waals surface area contributed by atoms with Crippen molar-refractivity contribution in [2.75, 3.05) is 13.2 Å². The number of halogens is 4. The number of carbonyl (C=O) groups is 1. The Hall–Kier alpha value is -3.05. The summed E-state index contributed by atoms with van der Waals surface area (Å²) < 4.78 is 61.5. The van der Waals surface area contributed by atoms with Gasteiger partial charge in [-0.05, 0) is 50.3 Å². The van der Waals surface area contributed by atoms with Crippen molar-refractivity contribution in [3.05, 3.63) is 64.4 Å². The normalized spacial score (nSPS) is 25.1. The number of hydrogen-bond donors (Lipinski definition) is 2. The average molecular weight is 492 g/mol. The third-order valence-electron chi connectivity index (χ3n) is 6.95. The Morgan fingerprint density at radius 1 is 1.31 bits per heavy atom. The van der Waals surface area contributed by atoms with Crippen molar-refractivity contribution in [3.63, 3.8) is 0 Å². The van der Waals surface area contributed by atoms with E-state index in [1.54, 1.807) is 13.1 Å². The molecule has 1 saturated heterocycles. The molecule has 2 aliphatic rings. The summed E-state index contributed by atoms with van der Waals surface area (Å²) in [5, 5.41) is 18.4. The summed E-state index contributed by atoms with van der Waals surface area (Å²) in [6.07, 6.45) is 0.845. The van der Waals surface area contributed by atoms with Gasteiger partial charge in [0.25, 0.3) is 5.91 Å². The highest BCUT2D eigenvalue weighted by Gasteiger charge is 2.54. The van der Waals surface area contributed by atoms with Gasteiger partial charge in [0.1, 0.15) is 22.5 Å². The van der Waals surface area contributed by atoms with Crippen molar-refractivity contribution >= 4 is 11.6 Å². The zero-order valence-corrected chi connectivity index (χ0v) is 19.1. The first kappa shape index (κ1) is 23.7. The molecule has 1 aromatic carbocycles. The summed E-state index contributed by atoms with van der Waals surface area (Å²) >= 11 is 0. The van der Waals surface area contributed by atoms with Gasteiger partial charge in [-0.25, -0.2) is 13.9 Å². The predicted molar refractivity (Wildman–Crippen MR) is 116 cm³/mol. The molecule has 2 aromatic heterocycles. The van der Waals surface area contributed by atoms with Crippen LogP contribution in [0.3, 0.4) is 0 Å². The summed E-state index contributed by atoms with van der Waals surface area (Å²) in [6.45, 7) is 2.78. The number of amides is 1. The lowest BCUT2D eigenvalue weighted by Crippen LogP contribution is -2.65. The van der Waals surface area contributed by atoms with Crippen LogP contribution in [-0.2, 0) is 16.5 Å². The molecule has 11 heteroatoms. The zero-order valence-electron chi connectivity index (χ0n) is 19.1. The number of benzene rings is 1. The van der Waals surface area contributed by atoms with Crippen molar-refractivity contribution < 1.29 is 32.2 Å². The summed E-state index contributed by atoms with van der Waals surface area (Å²) in [5.41, 5.74) is -3.19. The molecule has 2 fully saturated rings. The maximum Gasteiger partial charge on any atom is 0.416 e. The molecule has 2 N–H and O–H groups in total. The molecular formula is C24H24F4N4O3. The highest BCUT2D eigenvalue weighted by Crippen LogP contribution is 2.43. The molecule has 7 nitrogen and oxygen atoms in total. The fourth-order valence-corrected chi connectivity index (χ4v) is 4.82. The van der Waals surface area contributed by atoms with E-state index in [4.69, 9.17) is 4.74 Å². The predicted octanol–water partition coefficient (Wildman–Crippen LogP) is 3.87. The Balaban J connectivity index is 1.58. The van der Waals surface area contributed by atoms with Crippen LogP contribution in [0.15, 0.2) is 30.6 Å². The van der Waals surface area contributed by atoms with E-state index in [0.29, 0.717) is 23.3 Å². The summed E-state index contributed by atoms with van der Waals surface area (Å²) in [6, 6.07) is 2.07. The van der Waals surface area contributed by atoms with Crippen molar-refractivity contribution in [1.29, 1.82) is 0 Å². The number of aromatic nitrogens is 3. The number of nitrogens with zero attached hydrogens (tertiary/aromatic N) is 3. The van der Waals surface area contributed by atoms with E-state index in [1.807, 2.05) is 6.20 Å². The molecule has 1 saturated carbocycles. The van der Waals surface area contributed by atoms with Gasteiger partial charge in [-0.15, -0.1) is 0 Å². The molecule has 3 heterocycles. The molecule has 5 rings (SSSR count). The van der Waals surface area contributed by atoms with Crippen LogP contribution in [0.25, 0.3) is 5.65 Å². The standard InChI is InChI=1S/C24H24F4N4O3/c1-13-19(20-29-10-15(14-3-4-14)11-32(20)31-13)21(33)30-23(7-8-35-12-22(23,2)34)17-6-5-16(9-18(17)25)24(26,27)28/h5-6,9-11,14,34H,3-4,7-8,12H2,1-2H3,(H,30,33)/t22-,23+/m1/s1. The molecule has 0 unspecified atom stereocenters. The Morgan fingerprint density at radius 2 is 2.06 bits per heavy atom. The smallest absolute Gasteiger partial charge is 0.385 e. The number of nitrogens with one attached hydrogen (secondary N) is 1. The second-order valence-electron chi connectivity index (χ2n) is 9.52. The number of alkyl halides is 3. The third kappa shape index (κ3) is 3.96. The van der Waals surface area contributed by atoms with Crippen LogP contribution in [0, 0.1) is 12.7 Å². The first-order valence-corrected chi connectivity index (χ1v) is 11.3. The second-order valence-corrected chi connectivity index (χ2v) is 9.52. The minimum atomic E-state index is -4.74. The molecule has 0 spiro atoms. The van der Waals surface area contributed by atoms with Crippen LogP contribution in [0.5, 0.6) is 0 Å². The van der Waals surface area contributed by atoms with E-state index in [2.05, 4.69) is 15.4 Å². The molecule has 35 heavy (non-hydrogen) atoms. The summed E-state index contributed by atoms with van der Waals surface area (Å²) in [7, 11) is 0. The summed E-state index contributed by atoms with van der Waals surface area (Å²) in [5.74, 6) is -1.44. The number of ether oxygens (including phenoxy) is 1. The van der Waals surface area contributed by atoms with Gasteiger partial charge in [-0.2, -0.15) is 18.3 Å². The van der Waals surface area contributed by atoms with Gasteiger partial charge in [0.05, 0.1) is 17.9 Å². The maximum atomic E-state index is 15.2. The average Bonchev–Trinajstić information content (AvgIpc) is 3.56. The lowest BCUT2D eigenvalue weighted by Gasteiger charge is -2.49. The molecule has 1 amide bonds. The van der Waals surface area contributed by atoms with Crippen LogP contribution >= 0.6 is 0 Å².